The fraction of sp³-hybridized carbons (Fsp3) is 0.196. The SMILES string of the molecule is CCCCCCc1ccc(-n2c3ccc(C)cc3c3cc4c(cc32)c2cc(C)ccc2n4-c2ccc(CCCCCC)cc2)cc1.Cc1cc(C)cc(-n2c3ccc(C)cc3c3cc4c(cc32)c2cc(C)ccc2n4-c2cc(C)cc(C)c2)c1.Cc1ccc2c(c1)c1cc3c(cc1n2-c1ccccc1)c1cc(C)ccc1n3-c1ccccc1. The minimum atomic E-state index is 1.16. The number of nitrogens with zero attached hydrogens (tertiary/aromatic N) is 6. The van der Waals surface area contributed by atoms with Crippen LogP contribution in [0, 0.1) is 69.2 Å². The van der Waals surface area contributed by atoms with Crippen LogP contribution in [-0.4, -0.2) is 27.4 Å². The minimum Gasteiger partial charge on any atom is -0.309 e. The third kappa shape index (κ3) is 13.6. The van der Waals surface area contributed by atoms with E-state index in [4.69, 9.17) is 0 Å². The van der Waals surface area contributed by atoms with Gasteiger partial charge in [0.15, 0.2) is 0 Å². The zero-order valence-corrected chi connectivity index (χ0v) is 70.5. The molecule has 0 aliphatic heterocycles. The molecule has 0 N–H and O–H groups in total. The maximum Gasteiger partial charge on any atom is 0.0548 e. The number of rotatable bonds is 16. The van der Waals surface area contributed by atoms with Crippen molar-refractivity contribution in [1.29, 1.82) is 0 Å². The Hall–Kier alpha value is -12.9. The first-order valence-electron chi connectivity index (χ1n) is 43.0. The Bertz CT molecular complexity index is 6980. The predicted octanol–water partition coefficient (Wildman–Crippen LogP) is 31.0. The second kappa shape index (κ2) is 30.9. The lowest BCUT2D eigenvalue weighted by Crippen LogP contribution is -1.96. The molecule has 0 saturated heterocycles. The van der Waals surface area contributed by atoms with E-state index < -0.39 is 0 Å². The van der Waals surface area contributed by atoms with Crippen LogP contribution in [0.1, 0.15) is 132 Å². The predicted molar refractivity (Wildman–Crippen MR) is 508 cm³/mol. The molecule has 0 bridgehead atoms. The van der Waals surface area contributed by atoms with Crippen LogP contribution in [0.4, 0.5) is 0 Å². The molecule has 0 fully saturated rings. The molecule has 15 aromatic carbocycles. The molecule has 0 atom stereocenters. The van der Waals surface area contributed by atoms with Crippen molar-refractivity contribution >= 4 is 131 Å². The van der Waals surface area contributed by atoms with Gasteiger partial charge in [-0.1, -0.05) is 195 Å². The molecule has 0 radical (unpaired) electrons. The summed E-state index contributed by atoms with van der Waals surface area (Å²) in [6.07, 6.45) is 12.7. The fourth-order valence-corrected chi connectivity index (χ4v) is 19.4. The number of aromatic nitrogens is 6. The molecule has 21 rings (SSSR count). The zero-order valence-electron chi connectivity index (χ0n) is 70.5. The summed E-state index contributed by atoms with van der Waals surface area (Å²) in [5, 5.41) is 15.6. The van der Waals surface area contributed by atoms with Gasteiger partial charge >= 0.3 is 0 Å². The number of hydrogen-bond acceptors (Lipinski definition) is 0. The van der Waals surface area contributed by atoms with Crippen LogP contribution in [0.15, 0.2) is 291 Å². The van der Waals surface area contributed by atoms with Gasteiger partial charge in [-0.3, -0.25) is 0 Å². The van der Waals surface area contributed by atoms with Gasteiger partial charge in [0, 0.05) is 98.8 Å². The summed E-state index contributed by atoms with van der Waals surface area (Å²) in [4.78, 5) is 0. The summed E-state index contributed by atoms with van der Waals surface area (Å²) in [5.41, 5.74) is 38.0. The van der Waals surface area contributed by atoms with E-state index in [1.54, 1.807) is 0 Å². The van der Waals surface area contributed by atoms with Crippen molar-refractivity contribution in [2.75, 3.05) is 0 Å². The van der Waals surface area contributed by atoms with Crippen molar-refractivity contribution < 1.29 is 0 Å². The second-order valence-electron chi connectivity index (χ2n) is 34.1. The van der Waals surface area contributed by atoms with Gasteiger partial charge in [0.2, 0.25) is 0 Å². The van der Waals surface area contributed by atoms with E-state index in [1.807, 2.05) is 0 Å². The molecular formula is C112H104N6. The van der Waals surface area contributed by atoms with E-state index in [-0.39, 0.29) is 0 Å². The Labute approximate surface area is 693 Å². The van der Waals surface area contributed by atoms with E-state index in [0.29, 0.717) is 0 Å². The molecule has 118 heavy (non-hydrogen) atoms. The Kier molecular flexibility index (Phi) is 19.7. The summed E-state index contributed by atoms with van der Waals surface area (Å²) in [6.45, 7) is 26.4. The maximum absolute atomic E-state index is 2.48. The van der Waals surface area contributed by atoms with Crippen LogP contribution in [0.5, 0.6) is 0 Å². The summed E-state index contributed by atoms with van der Waals surface area (Å²) < 4.78 is 14.7. The van der Waals surface area contributed by atoms with Gasteiger partial charge < -0.3 is 27.4 Å². The van der Waals surface area contributed by atoms with Gasteiger partial charge in [-0.2, -0.15) is 0 Å². The van der Waals surface area contributed by atoms with Crippen molar-refractivity contribution in [3.05, 3.63) is 358 Å². The second-order valence-corrected chi connectivity index (χ2v) is 34.1. The quantitative estimate of drug-likeness (QED) is 0.0863. The van der Waals surface area contributed by atoms with Crippen molar-refractivity contribution in [1.82, 2.24) is 27.4 Å². The summed E-state index contributed by atoms with van der Waals surface area (Å²) in [7, 11) is 0. The molecule has 0 amide bonds. The normalized spacial score (nSPS) is 11.9. The molecule has 6 nitrogen and oxygen atoms in total. The van der Waals surface area contributed by atoms with Crippen molar-refractivity contribution in [2.45, 2.75) is 147 Å². The molecular weight excluding hydrogens is 1430 g/mol. The van der Waals surface area contributed by atoms with Gasteiger partial charge in [0.1, 0.15) is 0 Å². The lowest BCUT2D eigenvalue weighted by atomic mass is 10.1. The lowest BCUT2D eigenvalue weighted by molar-refractivity contribution is 0.667. The van der Waals surface area contributed by atoms with Crippen molar-refractivity contribution in [2.24, 2.45) is 0 Å². The van der Waals surface area contributed by atoms with Crippen LogP contribution in [0.25, 0.3) is 165 Å². The highest BCUT2D eigenvalue weighted by Crippen LogP contribution is 2.45. The van der Waals surface area contributed by atoms with Gasteiger partial charge in [-0.05, 0) is 310 Å². The number of para-hydroxylation sites is 2. The number of hydrogen-bond donors (Lipinski definition) is 0. The molecule has 6 heteroatoms. The highest BCUT2D eigenvalue weighted by atomic mass is 15.0. The molecule has 0 saturated carbocycles. The topological polar surface area (TPSA) is 29.6 Å². The third-order valence-corrected chi connectivity index (χ3v) is 24.9. The number of unbranched alkanes of at least 4 members (excludes halogenated alkanes) is 6. The van der Waals surface area contributed by atoms with E-state index in [1.165, 1.54) is 283 Å². The largest absolute Gasteiger partial charge is 0.309 e. The standard InChI is InChI=1S/C44H48N2.C36H32N2.C32H24N2/c1-5-7-9-11-13-33-17-21-35(22-18-33)45-41-25-15-31(3)27-37(41)39-30-44-40(29-43(39)45)38-28-32(4)16-26-42(38)46(44)36-23-19-34(20-24-36)14-12-10-8-6-2;1-21-7-9-33-29(17-21)31-19-36-32(20-35(31)37(33)27-13-23(3)11-24(4)14-27)30-18-22(2)8-10-34(30)38(36)28-15-25(5)12-26(6)16-28;1-21-13-15-29-25(17-21)27-19-32-28(20-31(27)33(29)23-9-5-3-6-10-23)26-18-22(2)14-16-30(26)34(32)24-11-7-4-8-12-24/h15-30H,5-14H2,1-4H3;7-20H,1-6H3;3-20H,1-2H3. The molecule has 582 valence electrons. The van der Waals surface area contributed by atoms with E-state index in [0.717, 1.165) is 12.8 Å². The molecule has 0 aliphatic rings. The van der Waals surface area contributed by atoms with Gasteiger partial charge in [0.05, 0.1) is 66.2 Å². The van der Waals surface area contributed by atoms with E-state index in [2.05, 4.69) is 402 Å². The first kappa shape index (κ1) is 75.2. The Morgan fingerprint density at radius 1 is 0.161 bits per heavy atom. The minimum absolute atomic E-state index is 1.16. The monoisotopic (exact) mass is 1530 g/mol. The smallest absolute Gasteiger partial charge is 0.0548 e. The Morgan fingerprint density at radius 2 is 0.373 bits per heavy atom. The number of aryl methyl sites for hydroxylation is 12. The van der Waals surface area contributed by atoms with Gasteiger partial charge in [-0.25, -0.2) is 0 Å². The van der Waals surface area contributed by atoms with Gasteiger partial charge in [-0.15, -0.1) is 0 Å². The Balaban J connectivity index is 0.000000119. The van der Waals surface area contributed by atoms with Crippen LogP contribution in [0.2, 0.25) is 0 Å². The first-order chi connectivity index (χ1) is 57.5. The molecule has 0 unspecified atom stereocenters. The van der Waals surface area contributed by atoms with Crippen LogP contribution in [-0.2, 0) is 12.8 Å². The van der Waals surface area contributed by atoms with Crippen molar-refractivity contribution in [3.8, 4) is 34.1 Å². The number of benzene rings is 15. The van der Waals surface area contributed by atoms with Crippen LogP contribution < -0.4 is 0 Å². The van der Waals surface area contributed by atoms with E-state index >= 15 is 0 Å². The summed E-state index contributed by atoms with van der Waals surface area (Å²) in [5.74, 6) is 0. The molecule has 6 heterocycles. The maximum atomic E-state index is 2.48. The average molecular weight is 1530 g/mol. The highest BCUT2D eigenvalue weighted by molar-refractivity contribution is 6.22. The van der Waals surface area contributed by atoms with Crippen LogP contribution >= 0.6 is 0 Å². The fourth-order valence-electron chi connectivity index (χ4n) is 19.4. The van der Waals surface area contributed by atoms with E-state index in [9.17, 15) is 0 Å². The Morgan fingerprint density at radius 3 is 0.602 bits per heavy atom. The van der Waals surface area contributed by atoms with Crippen molar-refractivity contribution in [3.63, 3.8) is 0 Å². The molecule has 21 aromatic rings. The zero-order chi connectivity index (χ0) is 80.7. The lowest BCUT2D eigenvalue weighted by Gasteiger charge is -2.11. The van der Waals surface area contributed by atoms with Gasteiger partial charge in [0.25, 0.3) is 0 Å². The third-order valence-electron chi connectivity index (χ3n) is 24.9. The van der Waals surface area contributed by atoms with Crippen LogP contribution in [0.3, 0.4) is 0 Å². The molecule has 6 aromatic heterocycles. The number of fused-ring (bicyclic) bond motifs is 18. The first-order valence-corrected chi connectivity index (χ1v) is 43.0. The summed E-state index contributed by atoms with van der Waals surface area (Å²) >= 11 is 0. The highest BCUT2D eigenvalue weighted by Gasteiger charge is 2.24. The summed E-state index contributed by atoms with van der Waals surface area (Å²) in [6, 6.07) is 110. The molecule has 0 spiro atoms. The molecule has 0 aliphatic carbocycles. The average Bonchev–Trinajstić information content (AvgIpc) is 1.57.